The van der Waals surface area contributed by atoms with E-state index < -0.39 is 5.60 Å². The van der Waals surface area contributed by atoms with Gasteiger partial charge in [0, 0.05) is 12.6 Å². The van der Waals surface area contributed by atoms with Crippen LogP contribution in [0.4, 0.5) is 0 Å². The van der Waals surface area contributed by atoms with E-state index in [1.165, 1.54) is 0 Å². The maximum absolute atomic E-state index is 11.7. The summed E-state index contributed by atoms with van der Waals surface area (Å²) in [7, 11) is 0. The molecule has 0 spiro atoms. The third-order valence-electron chi connectivity index (χ3n) is 5.22. The van der Waals surface area contributed by atoms with E-state index in [9.17, 15) is 15.0 Å². The van der Waals surface area contributed by atoms with Crippen molar-refractivity contribution in [3.8, 4) is 0 Å². The number of β-amino-alcohol motifs (C(OH)–C–C–N with tert-alkyl or cyclic N) is 1. The number of carbonyl (C=O) groups excluding carboxylic acids is 1. The van der Waals surface area contributed by atoms with Gasteiger partial charge in [-0.15, -0.1) is 0 Å². The second kappa shape index (κ2) is 7.07. The van der Waals surface area contributed by atoms with Gasteiger partial charge in [0.15, 0.2) is 0 Å². The van der Waals surface area contributed by atoms with Crippen molar-refractivity contribution in [2.24, 2.45) is 11.8 Å². The predicted octanol–water partition coefficient (Wildman–Crippen LogP) is 1.17. The molecule has 1 aliphatic heterocycles. The largest absolute Gasteiger partial charge is 0.466 e. The Labute approximate surface area is 127 Å². The van der Waals surface area contributed by atoms with Gasteiger partial charge in [0.05, 0.1) is 24.7 Å². The Morgan fingerprint density at radius 1 is 1.33 bits per heavy atom. The van der Waals surface area contributed by atoms with E-state index in [2.05, 4.69) is 11.8 Å². The van der Waals surface area contributed by atoms with E-state index in [1.54, 1.807) is 0 Å². The summed E-state index contributed by atoms with van der Waals surface area (Å²) in [5.74, 6) is 0.299. The summed E-state index contributed by atoms with van der Waals surface area (Å²) in [6, 6.07) is 0.164. The highest BCUT2D eigenvalue weighted by Gasteiger charge is 2.41. The number of carbonyl (C=O) groups is 1. The van der Waals surface area contributed by atoms with Crippen LogP contribution >= 0.6 is 0 Å². The van der Waals surface area contributed by atoms with Gasteiger partial charge in [0.1, 0.15) is 0 Å². The summed E-state index contributed by atoms with van der Waals surface area (Å²) in [4.78, 5) is 14.0. The average Bonchev–Trinajstić information content (AvgIpc) is 2.79. The van der Waals surface area contributed by atoms with Crippen molar-refractivity contribution in [2.75, 3.05) is 26.3 Å². The molecular weight excluding hydrogens is 270 g/mol. The van der Waals surface area contributed by atoms with E-state index in [4.69, 9.17) is 4.74 Å². The molecule has 21 heavy (non-hydrogen) atoms. The monoisotopic (exact) mass is 299 g/mol. The summed E-state index contributed by atoms with van der Waals surface area (Å²) in [5, 5.41) is 20.3. The van der Waals surface area contributed by atoms with Gasteiger partial charge in [-0.25, -0.2) is 0 Å². The van der Waals surface area contributed by atoms with Crippen molar-refractivity contribution in [1.82, 2.24) is 4.90 Å². The molecule has 0 aromatic heterocycles. The number of hydrogen-bond acceptors (Lipinski definition) is 5. The van der Waals surface area contributed by atoms with Crippen LogP contribution in [0.2, 0.25) is 0 Å². The second-order valence-electron chi connectivity index (χ2n) is 6.74. The standard InChI is InChI=1S/C16H29NO4/c1-3-21-15(19)13-4-7-16(20,8-5-13)11-17-9-6-12(2)14(17)10-18/h12-14,18,20H,3-11H2,1-2H3. The molecule has 2 atom stereocenters. The fraction of sp³-hybridized carbons (Fsp3) is 0.938. The molecule has 2 fully saturated rings. The molecule has 5 heteroatoms. The topological polar surface area (TPSA) is 70.0 Å². The van der Waals surface area contributed by atoms with E-state index >= 15 is 0 Å². The molecule has 1 aliphatic carbocycles. The van der Waals surface area contributed by atoms with Crippen LogP contribution in [-0.4, -0.2) is 59.0 Å². The SMILES string of the molecule is CCOC(=O)C1CCC(O)(CN2CCC(C)C2CO)CC1. The molecule has 2 unspecified atom stereocenters. The first-order chi connectivity index (χ1) is 9.99. The lowest BCUT2D eigenvalue weighted by molar-refractivity contribution is -0.151. The van der Waals surface area contributed by atoms with Crippen molar-refractivity contribution >= 4 is 5.97 Å². The van der Waals surface area contributed by atoms with Crippen LogP contribution in [0.1, 0.15) is 46.0 Å². The first-order valence-corrected chi connectivity index (χ1v) is 8.23. The van der Waals surface area contributed by atoms with Crippen LogP contribution in [0.5, 0.6) is 0 Å². The number of nitrogens with zero attached hydrogens (tertiary/aromatic N) is 1. The first kappa shape index (κ1) is 16.7. The fourth-order valence-electron chi connectivity index (χ4n) is 3.77. The van der Waals surface area contributed by atoms with Gasteiger partial charge in [0.25, 0.3) is 0 Å². The van der Waals surface area contributed by atoms with Crippen LogP contribution in [0.3, 0.4) is 0 Å². The van der Waals surface area contributed by atoms with Crippen LogP contribution in [0, 0.1) is 11.8 Å². The molecule has 0 aromatic rings. The van der Waals surface area contributed by atoms with Gasteiger partial charge >= 0.3 is 5.97 Å². The molecule has 1 heterocycles. The minimum atomic E-state index is -0.722. The number of esters is 1. The Kier molecular flexibility index (Phi) is 5.63. The maximum atomic E-state index is 11.7. The Balaban J connectivity index is 1.86. The third-order valence-corrected chi connectivity index (χ3v) is 5.22. The lowest BCUT2D eigenvalue weighted by Gasteiger charge is -2.39. The number of aliphatic hydroxyl groups is 2. The molecule has 2 aliphatic rings. The minimum absolute atomic E-state index is 0.0589. The second-order valence-corrected chi connectivity index (χ2v) is 6.74. The number of hydrogen-bond donors (Lipinski definition) is 2. The number of likely N-dealkylation sites (tertiary alicyclic amines) is 1. The van der Waals surface area contributed by atoms with Crippen LogP contribution in [0.25, 0.3) is 0 Å². The van der Waals surface area contributed by atoms with Gasteiger partial charge < -0.3 is 14.9 Å². The van der Waals surface area contributed by atoms with Gasteiger partial charge in [-0.1, -0.05) is 6.92 Å². The van der Waals surface area contributed by atoms with E-state index in [0.717, 1.165) is 13.0 Å². The molecule has 122 valence electrons. The van der Waals surface area contributed by atoms with Crippen LogP contribution in [-0.2, 0) is 9.53 Å². The number of ether oxygens (including phenoxy) is 1. The minimum Gasteiger partial charge on any atom is -0.466 e. The predicted molar refractivity (Wildman–Crippen MR) is 79.8 cm³/mol. The first-order valence-electron chi connectivity index (χ1n) is 8.23. The smallest absolute Gasteiger partial charge is 0.308 e. The highest BCUT2D eigenvalue weighted by molar-refractivity contribution is 5.72. The van der Waals surface area contributed by atoms with Gasteiger partial charge in [0.2, 0.25) is 0 Å². The van der Waals surface area contributed by atoms with Gasteiger partial charge in [-0.2, -0.15) is 0 Å². The van der Waals surface area contributed by atoms with Gasteiger partial charge in [-0.05, 0) is 51.5 Å². The summed E-state index contributed by atoms with van der Waals surface area (Å²) in [5.41, 5.74) is -0.722. The number of aliphatic hydroxyl groups excluding tert-OH is 1. The quantitative estimate of drug-likeness (QED) is 0.746. The number of rotatable bonds is 5. The Bertz CT molecular complexity index is 352. The zero-order valence-electron chi connectivity index (χ0n) is 13.3. The summed E-state index contributed by atoms with van der Waals surface area (Å²) < 4.78 is 5.07. The summed E-state index contributed by atoms with van der Waals surface area (Å²) in [6.45, 7) is 6.10. The van der Waals surface area contributed by atoms with Crippen molar-refractivity contribution < 1.29 is 19.7 Å². The van der Waals surface area contributed by atoms with E-state index in [1.807, 2.05) is 6.92 Å². The summed E-state index contributed by atoms with van der Waals surface area (Å²) in [6.07, 6.45) is 3.75. The van der Waals surface area contributed by atoms with Crippen molar-refractivity contribution in [1.29, 1.82) is 0 Å². The Morgan fingerprint density at radius 3 is 2.57 bits per heavy atom. The molecule has 0 amide bonds. The van der Waals surface area contributed by atoms with Crippen molar-refractivity contribution in [3.05, 3.63) is 0 Å². The van der Waals surface area contributed by atoms with Crippen LogP contribution < -0.4 is 0 Å². The molecular formula is C16H29NO4. The van der Waals surface area contributed by atoms with E-state index in [0.29, 0.717) is 44.8 Å². The maximum Gasteiger partial charge on any atom is 0.308 e. The molecule has 5 nitrogen and oxygen atoms in total. The van der Waals surface area contributed by atoms with Crippen LogP contribution in [0.15, 0.2) is 0 Å². The molecule has 0 aromatic carbocycles. The fourth-order valence-corrected chi connectivity index (χ4v) is 3.77. The Morgan fingerprint density at radius 2 is 2.00 bits per heavy atom. The van der Waals surface area contributed by atoms with E-state index in [-0.39, 0.29) is 24.5 Å². The zero-order chi connectivity index (χ0) is 15.5. The average molecular weight is 299 g/mol. The third kappa shape index (κ3) is 3.96. The highest BCUT2D eigenvalue weighted by Crippen LogP contribution is 2.35. The molecule has 2 rings (SSSR count). The molecule has 0 radical (unpaired) electrons. The molecule has 1 saturated carbocycles. The Hall–Kier alpha value is -0.650. The molecule has 1 saturated heterocycles. The van der Waals surface area contributed by atoms with Gasteiger partial charge in [-0.3, -0.25) is 9.69 Å². The lowest BCUT2D eigenvalue weighted by atomic mass is 9.78. The molecule has 2 N–H and O–H groups in total. The van der Waals surface area contributed by atoms with Crippen molar-refractivity contribution in [3.63, 3.8) is 0 Å². The zero-order valence-corrected chi connectivity index (χ0v) is 13.3. The summed E-state index contributed by atoms with van der Waals surface area (Å²) >= 11 is 0. The molecule has 0 bridgehead atoms. The highest BCUT2D eigenvalue weighted by atomic mass is 16.5. The normalized spacial score (nSPS) is 37.6. The lowest BCUT2D eigenvalue weighted by Crippen LogP contribution is -2.49. The van der Waals surface area contributed by atoms with Crippen molar-refractivity contribution in [2.45, 2.75) is 57.6 Å².